The summed E-state index contributed by atoms with van der Waals surface area (Å²) >= 11 is 1.64. The third kappa shape index (κ3) is 2.86. The minimum absolute atomic E-state index is 0.639. The van der Waals surface area contributed by atoms with E-state index in [0.717, 1.165) is 27.9 Å². The molecule has 0 bridgehead atoms. The zero-order valence-corrected chi connectivity index (χ0v) is 14.0. The second kappa shape index (κ2) is 6.37. The van der Waals surface area contributed by atoms with Crippen molar-refractivity contribution in [3.8, 4) is 11.3 Å². The van der Waals surface area contributed by atoms with Gasteiger partial charge in [0.05, 0.1) is 29.0 Å². The van der Waals surface area contributed by atoms with Crippen molar-refractivity contribution in [3.63, 3.8) is 0 Å². The van der Waals surface area contributed by atoms with Crippen molar-refractivity contribution in [3.05, 3.63) is 70.7 Å². The lowest BCUT2D eigenvalue weighted by atomic mass is 10.1. The fraction of sp³-hybridized carbons (Fsp3) is 0.105. The van der Waals surface area contributed by atoms with Gasteiger partial charge in [-0.2, -0.15) is 0 Å². The van der Waals surface area contributed by atoms with E-state index in [1.807, 2.05) is 48.8 Å². The Balaban J connectivity index is 1.75. The molecule has 0 spiro atoms. The smallest absolute Gasteiger partial charge is 0.224 e. The monoisotopic (exact) mass is 332 g/mol. The molecule has 2 heterocycles. The average Bonchev–Trinajstić information content (AvgIpc) is 3.05. The number of aromatic nitrogens is 3. The minimum atomic E-state index is 0.639. The number of benzene rings is 2. The first kappa shape index (κ1) is 14.8. The molecule has 24 heavy (non-hydrogen) atoms. The number of aryl methyl sites for hydroxylation is 1. The predicted molar refractivity (Wildman–Crippen MR) is 99.2 cm³/mol. The lowest BCUT2D eigenvalue weighted by Crippen LogP contribution is -2.04. The highest BCUT2D eigenvalue weighted by Crippen LogP contribution is 2.27. The van der Waals surface area contributed by atoms with Crippen LogP contribution in [-0.2, 0) is 6.54 Å². The van der Waals surface area contributed by atoms with Crippen LogP contribution >= 0.6 is 11.3 Å². The van der Waals surface area contributed by atoms with Crippen molar-refractivity contribution >= 4 is 28.2 Å². The van der Waals surface area contributed by atoms with Crippen LogP contribution in [0.25, 0.3) is 22.2 Å². The van der Waals surface area contributed by atoms with E-state index in [0.29, 0.717) is 12.5 Å². The second-order valence-corrected chi connectivity index (χ2v) is 6.43. The average molecular weight is 332 g/mol. The number of rotatable bonds is 4. The van der Waals surface area contributed by atoms with E-state index < -0.39 is 0 Å². The largest absolute Gasteiger partial charge is 0.349 e. The number of nitrogens with one attached hydrogen (secondary N) is 1. The topological polar surface area (TPSA) is 50.7 Å². The minimum Gasteiger partial charge on any atom is -0.349 e. The van der Waals surface area contributed by atoms with Gasteiger partial charge in [0, 0.05) is 15.8 Å². The molecule has 2 aromatic carbocycles. The zero-order valence-electron chi connectivity index (χ0n) is 13.2. The van der Waals surface area contributed by atoms with Gasteiger partial charge in [-0.25, -0.2) is 15.0 Å². The molecule has 2 aromatic heterocycles. The first-order valence-electron chi connectivity index (χ1n) is 7.76. The first-order chi connectivity index (χ1) is 11.8. The summed E-state index contributed by atoms with van der Waals surface area (Å²) in [4.78, 5) is 14.9. The molecule has 0 aliphatic carbocycles. The van der Waals surface area contributed by atoms with E-state index in [2.05, 4.69) is 33.5 Å². The summed E-state index contributed by atoms with van der Waals surface area (Å²) in [6, 6.07) is 18.3. The molecule has 4 aromatic rings. The van der Waals surface area contributed by atoms with E-state index in [1.165, 1.54) is 4.88 Å². The van der Waals surface area contributed by atoms with Gasteiger partial charge in [0.1, 0.15) is 0 Å². The molecule has 1 N–H and O–H groups in total. The van der Waals surface area contributed by atoms with Gasteiger partial charge in [0.25, 0.3) is 0 Å². The number of thiazole rings is 1. The lowest BCUT2D eigenvalue weighted by Gasteiger charge is -2.10. The van der Waals surface area contributed by atoms with Crippen LogP contribution in [0, 0.1) is 6.92 Å². The van der Waals surface area contributed by atoms with Gasteiger partial charge in [-0.15, -0.1) is 11.3 Å². The van der Waals surface area contributed by atoms with Crippen LogP contribution in [0.4, 0.5) is 5.95 Å². The molecule has 0 amide bonds. The third-order valence-electron chi connectivity index (χ3n) is 3.90. The number of para-hydroxylation sites is 1. The molecule has 0 saturated heterocycles. The van der Waals surface area contributed by atoms with Gasteiger partial charge in [0.2, 0.25) is 5.95 Å². The van der Waals surface area contributed by atoms with Gasteiger partial charge in [-0.05, 0) is 13.0 Å². The fourth-order valence-corrected chi connectivity index (χ4v) is 3.34. The maximum atomic E-state index is 4.76. The molecular weight excluding hydrogens is 316 g/mol. The maximum Gasteiger partial charge on any atom is 0.224 e. The van der Waals surface area contributed by atoms with E-state index in [1.54, 1.807) is 11.3 Å². The summed E-state index contributed by atoms with van der Waals surface area (Å²) in [5, 5.41) is 4.40. The molecule has 0 aliphatic rings. The van der Waals surface area contributed by atoms with Crippen LogP contribution in [0.3, 0.4) is 0 Å². The molecule has 4 nitrogen and oxygen atoms in total. The van der Waals surface area contributed by atoms with E-state index in [-0.39, 0.29) is 0 Å². The van der Waals surface area contributed by atoms with Crippen LogP contribution in [-0.4, -0.2) is 15.0 Å². The molecule has 0 unspecified atom stereocenters. The van der Waals surface area contributed by atoms with Gasteiger partial charge in [0.15, 0.2) is 0 Å². The second-order valence-electron chi connectivity index (χ2n) is 5.49. The predicted octanol–water partition coefficient (Wildman–Crippen LogP) is 4.67. The van der Waals surface area contributed by atoms with E-state index in [9.17, 15) is 0 Å². The summed E-state index contributed by atoms with van der Waals surface area (Å²) in [6.45, 7) is 2.70. The fourth-order valence-electron chi connectivity index (χ4n) is 2.63. The normalized spacial score (nSPS) is 10.9. The Bertz CT molecular complexity index is 979. The maximum absolute atomic E-state index is 4.76. The molecular formula is C19H16N4S. The highest BCUT2D eigenvalue weighted by Gasteiger charge is 2.10. The summed E-state index contributed by atoms with van der Waals surface area (Å²) in [6.07, 6.45) is 0. The summed E-state index contributed by atoms with van der Waals surface area (Å²) in [5.74, 6) is 0.639. The SMILES string of the molecule is Cc1ncsc1CNc1nc(-c2ccccc2)c2ccccc2n1. The highest BCUT2D eigenvalue weighted by molar-refractivity contribution is 7.09. The molecule has 0 fully saturated rings. The van der Waals surface area contributed by atoms with Gasteiger partial charge < -0.3 is 5.32 Å². The Hall–Kier alpha value is -2.79. The molecule has 5 heteroatoms. The molecule has 0 aliphatic heterocycles. The number of anilines is 1. The van der Waals surface area contributed by atoms with Gasteiger partial charge in [-0.1, -0.05) is 48.5 Å². The van der Waals surface area contributed by atoms with Crippen LogP contribution in [0.5, 0.6) is 0 Å². The number of hydrogen-bond donors (Lipinski definition) is 1. The molecule has 0 saturated carbocycles. The Morgan fingerprint density at radius 2 is 1.75 bits per heavy atom. The molecule has 0 atom stereocenters. The van der Waals surface area contributed by atoms with Crippen molar-refractivity contribution < 1.29 is 0 Å². The third-order valence-corrected chi connectivity index (χ3v) is 4.84. The van der Waals surface area contributed by atoms with Gasteiger partial charge in [-0.3, -0.25) is 0 Å². The Morgan fingerprint density at radius 1 is 0.958 bits per heavy atom. The summed E-state index contributed by atoms with van der Waals surface area (Å²) < 4.78 is 0. The first-order valence-corrected chi connectivity index (χ1v) is 8.64. The van der Waals surface area contributed by atoms with Crippen molar-refractivity contribution in [2.75, 3.05) is 5.32 Å². The molecule has 4 rings (SSSR count). The lowest BCUT2D eigenvalue weighted by molar-refractivity contribution is 1.07. The summed E-state index contributed by atoms with van der Waals surface area (Å²) in [7, 11) is 0. The van der Waals surface area contributed by atoms with Crippen LogP contribution in [0.15, 0.2) is 60.1 Å². The quantitative estimate of drug-likeness (QED) is 0.590. The zero-order chi connectivity index (χ0) is 16.4. The number of fused-ring (bicyclic) bond motifs is 1. The standard InChI is InChI=1S/C19H16N4S/c1-13-17(24-12-21-13)11-20-19-22-16-10-6-5-9-15(16)18(23-19)14-7-3-2-4-8-14/h2-10,12H,11H2,1H3,(H,20,22,23). The highest BCUT2D eigenvalue weighted by atomic mass is 32.1. The van der Waals surface area contributed by atoms with Crippen molar-refractivity contribution in [1.29, 1.82) is 0 Å². The Morgan fingerprint density at radius 3 is 2.54 bits per heavy atom. The van der Waals surface area contributed by atoms with Crippen LogP contribution < -0.4 is 5.32 Å². The van der Waals surface area contributed by atoms with Crippen LogP contribution in [0.1, 0.15) is 10.6 Å². The number of nitrogens with zero attached hydrogens (tertiary/aromatic N) is 3. The summed E-state index contributed by atoms with van der Waals surface area (Å²) in [5.41, 5.74) is 5.90. The van der Waals surface area contributed by atoms with Crippen LogP contribution in [0.2, 0.25) is 0 Å². The van der Waals surface area contributed by atoms with Crippen molar-refractivity contribution in [1.82, 2.24) is 15.0 Å². The van der Waals surface area contributed by atoms with Crippen molar-refractivity contribution in [2.45, 2.75) is 13.5 Å². The molecule has 0 radical (unpaired) electrons. The molecule has 118 valence electrons. The van der Waals surface area contributed by atoms with E-state index >= 15 is 0 Å². The number of hydrogen-bond acceptors (Lipinski definition) is 5. The Labute approximate surface area is 144 Å². The Kier molecular flexibility index (Phi) is 3.92. The van der Waals surface area contributed by atoms with Gasteiger partial charge >= 0.3 is 0 Å². The van der Waals surface area contributed by atoms with E-state index in [4.69, 9.17) is 4.98 Å². The van der Waals surface area contributed by atoms with Crippen molar-refractivity contribution in [2.24, 2.45) is 0 Å².